The van der Waals surface area contributed by atoms with Gasteiger partial charge in [0.25, 0.3) is 6.47 Å². The van der Waals surface area contributed by atoms with E-state index < -0.39 is 11.8 Å². The van der Waals surface area contributed by atoms with E-state index in [0.717, 1.165) is 0 Å². The van der Waals surface area contributed by atoms with Gasteiger partial charge in [0, 0.05) is 17.4 Å². The van der Waals surface area contributed by atoms with Gasteiger partial charge in [0.2, 0.25) is 5.89 Å². The third-order valence-corrected chi connectivity index (χ3v) is 3.32. The average molecular weight is 327 g/mol. The van der Waals surface area contributed by atoms with Gasteiger partial charge in [0.1, 0.15) is 0 Å². The molecule has 0 saturated carbocycles. The van der Waals surface area contributed by atoms with Crippen LogP contribution in [0.15, 0.2) is 25.9 Å². The lowest BCUT2D eigenvalue weighted by atomic mass is 9.89. The minimum Gasteiger partial charge on any atom is -0.468 e. The maximum atomic E-state index is 11.5. The molecule has 0 amide bonds. The maximum Gasteiger partial charge on any atom is 0.542 e. The van der Waals surface area contributed by atoms with Gasteiger partial charge in [-0.2, -0.15) is 0 Å². The Bertz CT molecular complexity index is 574. The van der Waals surface area contributed by atoms with Gasteiger partial charge in [-0.1, -0.05) is 13.5 Å². The van der Waals surface area contributed by atoms with Crippen LogP contribution in [0.25, 0.3) is 0 Å². The van der Waals surface area contributed by atoms with Crippen LogP contribution in [0.5, 0.6) is 0 Å². The monoisotopic (exact) mass is 327 g/mol. The summed E-state index contributed by atoms with van der Waals surface area (Å²) in [6.07, 6.45) is 1.99. The van der Waals surface area contributed by atoms with Gasteiger partial charge in [0.05, 0.1) is 13.2 Å². The minimum atomic E-state index is -0.875. The molecule has 0 bridgehead atoms. The minimum absolute atomic E-state index is 0.137. The summed E-state index contributed by atoms with van der Waals surface area (Å²) in [5.74, 6) is -1.57. The predicted octanol–water partition coefficient (Wildman–Crippen LogP) is 1.81. The second-order valence-corrected chi connectivity index (χ2v) is 5.30. The summed E-state index contributed by atoms with van der Waals surface area (Å²) >= 11 is 0. The summed E-state index contributed by atoms with van der Waals surface area (Å²) in [7, 11) is 0. The number of unbranched alkanes of at least 4 members (excludes halogenated alkanes) is 1. The van der Waals surface area contributed by atoms with E-state index >= 15 is 0 Å². The molecular formula is C15H21NO7. The Balaban J connectivity index is 2.62. The second-order valence-electron chi connectivity index (χ2n) is 5.30. The van der Waals surface area contributed by atoms with E-state index in [4.69, 9.17) is 9.15 Å². The molecule has 8 heteroatoms. The highest BCUT2D eigenvalue weighted by molar-refractivity contribution is 5.86. The standard InChI is InChI=1S/C15H21NO7/c1-10(2)14(18)21-8-11(3)12(6-4-5-7-20-9-17)13-16-23-15(19)22-13/h9,11-12H,1,4-8H2,2-3H3. The summed E-state index contributed by atoms with van der Waals surface area (Å²) in [4.78, 5) is 32.6. The van der Waals surface area contributed by atoms with Crippen LogP contribution in [-0.2, 0) is 19.1 Å². The Kier molecular flexibility index (Phi) is 7.79. The maximum absolute atomic E-state index is 11.5. The van der Waals surface area contributed by atoms with Crippen LogP contribution in [0.4, 0.5) is 0 Å². The fraction of sp³-hybridized carbons (Fsp3) is 0.600. The van der Waals surface area contributed by atoms with E-state index in [1.54, 1.807) is 6.92 Å². The number of nitrogens with zero attached hydrogens (tertiary/aromatic N) is 1. The van der Waals surface area contributed by atoms with Crippen molar-refractivity contribution >= 4 is 12.4 Å². The van der Waals surface area contributed by atoms with Crippen molar-refractivity contribution in [3.05, 3.63) is 28.7 Å². The van der Waals surface area contributed by atoms with Gasteiger partial charge < -0.3 is 13.9 Å². The smallest absolute Gasteiger partial charge is 0.468 e. The summed E-state index contributed by atoms with van der Waals surface area (Å²) < 4.78 is 19.1. The first kappa shape index (κ1) is 18.7. The zero-order valence-electron chi connectivity index (χ0n) is 13.3. The molecule has 1 aromatic heterocycles. The van der Waals surface area contributed by atoms with Crippen molar-refractivity contribution in [3.8, 4) is 0 Å². The van der Waals surface area contributed by atoms with Gasteiger partial charge in [-0.25, -0.2) is 9.59 Å². The molecule has 0 N–H and O–H groups in total. The number of rotatable bonds is 11. The van der Waals surface area contributed by atoms with Crippen molar-refractivity contribution < 1.29 is 28.0 Å². The van der Waals surface area contributed by atoms with Crippen LogP contribution < -0.4 is 5.82 Å². The summed E-state index contributed by atoms with van der Waals surface area (Å²) in [6.45, 7) is 7.78. The van der Waals surface area contributed by atoms with E-state index in [0.29, 0.717) is 37.9 Å². The molecule has 128 valence electrons. The largest absolute Gasteiger partial charge is 0.542 e. The van der Waals surface area contributed by atoms with Gasteiger partial charge in [-0.3, -0.25) is 9.32 Å². The molecule has 23 heavy (non-hydrogen) atoms. The van der Waals surface area contributed by atoms with Gasteiger partial charge in [-0.15, -0.1) is 0 Å². The highest BCUT2D eigenvalue weighted by Crippen LogP contribution is 2.28. The number of esters is 1. The molecular weight excluding hydrogens is 306 g/mol. The van der Waals surface area contributed by atoms with Crippen molar-refractivity contribution in [1.82, 2.24) is 5.16 Å². The number of aromatic nitrogens is 1. The van der Waals surface area contributed by atoms with E-state index in [1.165, 1.54) is 0 Å². The number of carbonyl (C=O) groups is 2. The molecule has 0 radical (unpaired) electrons. The van der Waals surface area contributed by atoms with Crippen molar-refractivity contribution in [1.29, 1.82) is 0 Å². The van der Waals surface area contributed by atoms with Crippen LogP contribution in [-0.4, -0.2) is 30.8 Å². The molecule has 0 aromatic carbocycles. The lowest BCUT2D eigenvalue weighted by Crippen LogP contribution is -2.19. The number of carbonyl (C=O) groups excluding carboxylic acids is 2. The molecule has 0 aliphatic carbocycles. The fourth-order valence-electron chi connectivity index (χ4n) is 2.04. The first-order chi connectivity index (χ1) is 11.0. The zero-order chi connectivity index (χ0) is 17.2. The normalized spacial score (nSPS) is 13.1. The van der Waals surface area contributed by atoms with E-state index in [1.807, 2.05) is 6.92 Å². The quantitative estimate of drug-likeness (QED) is 0.262. The highest BCUT2D eigenvalue weighted by Gasteiger charge is 2.26. The summed E-state index contributed by atoms with van der Waals surface area (Å²) in [5, 5.41) is 3.61. The predicted molar refractivity (Wildman–Crippen MR) is 78.6 cm³/mol. The molecule has 1 heterocycles. The van der Waals surface area contributed by atoms with Crippen LogP contribution in [0, 0.1) is 5.92 Å². The molecule has 1 rings (SSSR count). The SMILES string of the molecule is C=C(C)C(=O)OCC(C)C(CCCCOC=O)c1noc(=O)o1. The third-order valence-electron chi connectivity index (χ3n) is 3.32. The summed E-state index contributed by atoms with van der Waals surface area (Å²) in [6, 6.07) is 0. The molecule has 0 saturated heterocycles. The zero-order valence-corrected chi connectivity index (χ0v) is 13.3. The van der Waals surface area contributed by atoms with Crippen molar-refractivity contribution in [2.45, 2.75) is 39.0 Å². The van der Waals surface area contributed by atoms with Crippen LogP contribution in [0.3, 0.4) is 0 Å². The Morgan fingerprint density at radius 3 is 2.74 bits per heavy atom. The number of hydrogen-bond donors (Lipinski definition) is 0. The molecule has 2 unspecified atom stereocenters. The van der Waals surface area contributed by atoms with Crippen LogP contribution in [0.2, 0.25) is 0 Å². The van der Waals surface area contributed by atoms with E-state index in [2.05, 4.69) is 21.0 Å². The Labute approximate surface area is 133 Å². The van der Waals surface area contributed by atoms with Crippen LogP contribution in [0.1, 0.15) is 44.9 Å². The van der Waals surface area contributed by atoms with Gasteiger partial charge in [0.15, 0.2) is 0 Å². The molecule has 1 aromatic rings. The topological polar surface area (TPSA) is 109 Å². The summed E-state index contributed by atoms with van der Waals surface area (Å²) in [5.41, 5.74) is 0.313. The third kappa shape index (κ3) is 6.50. The van der Waals surface area contributed by atoms with Crippen molar-refractivity contribution in [2.75, 3.05) is 13.2 Å². The van der Waals surface area contributed by atoms with E-state index in [9.17, 15) is 14.4 Å². The van der Waals surface area contributed by atoms with Gasteiger partial charge >= 0.3 is 11.8 Å². The average Bonchev–Trinajstić information content (AvgIpc) is 2.94. The number of ether oxygens (including phenoxy) is 2. The van der Waals surface area contributed by atoms with Gasteiger partial charge in [-0.05, 0) is 31.3 Å². The molecule has 2 atom stereocenters. The Hall–Kier alpha value is -2.38. The highest BCUT2D eigenvalue weighted by atomic mass is 16.6. The van der Waals surface area contributed by atoms with Crippen molar-refractivity contribution in [2.24, 2.45) is 5.92 Å². The van der Waals surface area contributed by atoms with E-state index in [-0.39, 0.29) is 24.3 Å². The van der Waals surface area contributed by atoms with Crippen LogP contribution >= 0.6 is 0 Å². The van der Waals surface area contributed by atoms with Crippen molar-refractivity contribution in [3.63, 3.8) is 0 Å². The first-order valence-corrected chi connectivity index (χ1v) is 7.30. The molecule has 8 nitrogen and oxygen atoms in total. The lowest BCUT2D eigenvalue weighted by molar-refractivity contribution is -0.140. The first-order valence-electron chi connectivity index (χ1n) is 7.30. The fourth-order valence-corrected chi connectivity index (χ4v) is 2.04. The molecule has 0 aliphatic heterocycles. The molecule has 0 fully saturated rings. The molecule has 0 spiro atoms. The lowest BCUT2D eigenvalue weighted by Gasteiger charge is -2.20. The molecule has 0 aliphatic rings. The second kappa shape index (κ2) is 9.60. The Morgan fingerprint density at radius 2 is 2.17 bits per heavy atom. The Morgan fingerprint density at radius 1 is 1.43 bits per heavy atom. The number of hydrogen-bond acceptors (Lipinski definition) is 8.